The fraction of sp³-hybridized carbons (Fsp3) is 0.533. The van der Waals surface area contributed by atoms with Gasteiger partial charge in [0.05, 0.1) is 12.5 Å². The first-order chi connectivity index (χ1) is 9.47. The first kappa shape index (κ1) is 16.8. The van der Waals surface area contributed by atoms with E-state index in [-0.39, 0.29) is 24.5 Å². The fourth-order valence-corrected chi connectivity index (χ4v) is 2.06. The second-order valence-corrected chi connectivity index (χ2v) is 5.49. The monoisotopic (exact) mass is 298 g/mol. The van der Waals surface area contributed by atoms with Gasteiger partial charge in [-0.1, -0.05) is 18.5 Å². The number of hydrogen-bond donors (Lipinski definition) is 2. The summed E-state index contributed by atoms with van der Waals surface area (Å²) in [5, 5.41) is 12.5. The molecule has 0 aliphatic heterocycles. The van der Waals surface area contributed by atoms with Crippen LogP contribution in [-0.4, -0.2) is 37.3 Å². The van der Waals surface area contributed by atoms with Crippen molar-refractivity contribution >= 4 is 23.2 Å². The zero-order valence-electron chi connectivity index (χ0n) is 12.3. The van der Waals surface area contributed by atoms with E-state index < -0.39 is 0 Å². The van der Waals surface area contributed by atoms with Gasteiger partial charge in [-0.15, -0.1) is 0 Å². The van der Waals surface area contributed by atoms with Crippen LogP contribution in [0.15, 0.2) is 24.3 Å². The van der Waals surface area contributed by atoms with E-state index in [1.807, 2.05) is 43.1 Å². The summed E-state index contributed by atoms with van der Waals surface area (Å²) >= 11 is 5.87. The second kappa shape index (κ2) is 8.12. The maximum Gasteiger partial charge on any atom is 0.225 e. The van der Waals surface area contributed by atoms with Crippen molar-refractivity contribution in [2.45, 2.75) is 26.3 Å². The Morgan fingerprint density at radius 2 is 2.00 bits per heavy atom. The lowest BCUT2D eigenvalue weighted by Gasteiger charge is -2.25. The fourth-order valence-electron chi connectivity index (χ4n) is 1.94. The van der Waals surface area contributed by atoms with Gasteiger partial charge in [-0.3, -0.25) is 4.79 Å². The van der Waals surface area contributed by atoms with E-state index in [9.17, 15) is 4.79 Å². The molecular formula is C15H23ClN2O2. The number of aliphatic hydroxyl groups is 1. The number of rotatable bonds is 7. The van der Waals surface area contributed by atoms with Crippen molar-refractivity contribution < 1.29 is 9.90 Å². The molecule has 1 rings (SSSR count). The van der Waals surface area contributed by atoms with Crippen molar-refractivity contribution in [3.8, 4) is 0 Å². The van der Waals surface area contributed by atoms with Crippen LogP contribution < -0.4 is 10.2 Å². The third-order valence-electron chi connectivity index (χ3n) is 3.29. The number of halogens is 1. The highest BCUT2D eigenvalue weighted by Gasteiger charge is 2.20. The van der Waals surface area contributed by atoms with Gasteiger partial charge in [0, 0.05) is 30.3 Å². The third-order valence-corrected chi connectivity index (χ3v) is 3.54. The van der Waals surface area contributed by atoms with E-state index in [1.165, 1.54) is 0 Å². The van der Waals surface area contributed by atoms with Gasteiger partial charge in [0.2, 0.25) is 5.91 Å². The molecule has 20 heavy (non-hydrogen) atoms. The SMILES string of the molecule is CCC(CN(C)c1ccc(Cl)cc1)C(=O)N[C@H](C)CO. The van der Waals surface area contributed by atoms with E-state index >= 15 is 0 Å². The Balaban J connectivity index is 2.63. The normalized spacial score (nSPS) is 13.7. The number of carbonyl (C=O) groups is 1. The number of nitrogens with zero attached hydrogens (tertiary/aromatic N) is 1. The highest BCUT2D eigenvalue weighted by atomic mass is 35.5. The van der Waals surface area contributed by atoms with Crippen LogP contribution >= 0.6 is 11.6 Å². The number of benzene rings is 1. The minimum atomic E-state index is -0.211. The third kappa shape index (κ3) is 5.02. The minimum absolute atomic E-state index is 0.0186. The van der Waals surface area contributed by atoms with Crippen molar-refractivity contribution in [3.63, 3.8) is 0 Å². The lowest BCUT2D eigenvalue weighted by atomic mass is 10.0. The summed E-state index contributed by atoms with van der Waals surface area (Å²) in [6.45, 7) is 4.36. The Morgan fingerprint density at radius 3 is 2.50 bits per heavy atom. The summed E-state index contributed by atoms with van der Waals surface area (Å²) in [6.07, 6.45) is 0.752. The molecule has 5 heteroatoms. The number of anilines is 1. The van der Waals surface area contributed by atoms with Crippen LogP contribution in [0.25, 0.3) is 0 Å². The van der Waals surface area contributed by atoms with E-state index in [0.717, 1.165) is 12.1 Å². The van der Waals surface area contributed by atoms with Crippen molar-refractivity contribution in [2.24, 2.45) is 5.92 Å². The molecular weight excluding hydrogens is 276 g/mol. The van der Waals surface area contributed by atoms with Gasteiger partial charge >= 0.3 is 0 Å². The molecule has 1 aromatic rings. The Kier molecular flexibility index (Phi) is 6.82. The number of amides is 1. The quantitative estimate of drug-likeness (QED) is 0.812. The van der Waals surface area contributed by atoms with E-state index in [4.69, 9.17) is 16.7 Å². The molecule has 0 spiro atoms. The van der Waals surface area contributed by atoms with Gasteiger partial charge < -0.3 is 15.3 Å². The highest BCUT2D eigenvalue weighted by molar-refractivity contribution is 6.30. The van der Waals surface area contributed by atoms with Crippen molar-refractivity contribution in [1.82, 2.24) is 5.32 Å². The van der Waals surface area contributed by atoms with Crippen molar-refractivity contribution in [3.05, 3.63) is 29.3 Å². The van der Waals surface area contributed by atoms with Crippen LogP contribution in [0.2, 0.25) is 5.02 Å². The van der Waals surface area contributed by atoms with Gasteiger partial charge in [0.15, 0.2) is 0 Å². The minimum Gasteiger partial charge on any atom is -0.394 e. The summed E-state index contributed by atoms with van der Waals surface area (Å²) in [4.78, 5) is 14.1. The molecule has 2 N–H and O–H groups in total. The summed E-state index contributed by atoms with van der Waals surface area (Å²) in [6, 6.07) is 7.33. The Bertz CT molecular complexity index is 422. The largest absolute Gasteiger partial charge is 0.394 e. The van der Waals surface area contributed by atoms with Crippen molar-refractivity contribution in [1.29, 1.82) is 0 Å². The van der Waals surface area contributed by atoms with Gasteiger partial charge in [-0.05, 0) is 37.6 Å². The standard InChI is InChI=1S/C15H23ClN2O2/c1-4-12(15(20)17-11(2)10-19)9-18(3)14-7-5-13(16)6-8-14/h5-8,11-12,19H,4,9-10H2,1-3H3,(H,17,20)/t11-,12?/m1/s1. The van der Waals surface area contributed by atoms with Crippen LogP contribution in [-0.2, 0) is 4.79 Å². The Hall–Kier alpha value is -1.26. The zero-order valence-corrected chi connectivity index (χ0v) is 13.0. The van der Waals surface area contributed by atoms with E-state index in [2.05, 4.69) is 5.32 Å². The van der Waals surface area contributed by atoms with Gasteiger partial charge in [-0.25, -0.2) is 0 Å². The zero-order chi connectivity index (χ0) is 15.1. The Labute approximate surface area is 125 Å². The highest BCUT2D eigenvalue weighted by Crippen LogP contribution is 2.18. The first-order valence-corrected chi connectivity index (χ1v) is 7.23. The Morgan fingerprint density at radius 1 is 1.40 bits per heavy atom. The molecule has 0 saturated carbocycles. The van der Waals surface area contributed by atoms with E-state index in [1.54, 1.807) is 6.92 Å². The first-order valence-electron chi connectivity index (χ1n) is 6.85. The molecule has 0 heterocycles. The number of aliphatic hydroxyl groups excluding tert-OH is 1. The molecule has 1 unspecified atom stereocenters. The average Bonchev–Trinajstić information content (AvgIpc) is 2.44. The lowest BCUT2D eigenvalue weighted by Crippen LogP contribution is -2.42. The maximum absolute atomic E-state index is 12.1. The molecule has 1 aromatic carbocycles. The summed E-state index contributed by atoms with van der Waals surface area (Å²) in [5.41, 5.74) is 1.02. The van der Waals surface area contributed by atoms with Crippen molar-refractivity contribution in [2.75, 3.05) is 25.1 Å². The molecule has 2 atom stereocenters. The number of carbonyl (C=O) groups excluding carboxylic acids is 1. The average molecular weight is 299 g/mol. The molecule has 0 aliphatic rings. The molecule has 4 nitrogen and oxygen atoms in total. The topological polar surface area (TPSA) is 52.6 Å². The molecule has 0 aromatic heterocycles. The summed E-state index contributed by atoms with van der Waals surface area (Å²) in [7, 11) is 1.95. The predicted octanol–water partition coefficient (Wildman–Crippen LogP) is 2.30. The van der Waals surface area contributed by atoms with Crippen LogP contribution in [0.5, 0.6) is 0 Å². The van der Waals surface area contributed by atoms with Gasteiger partial charge in [0.1, 0.15) is 0 Å². The summed E-state index contributed by atoms with van der Waals surface area (Å²) < 4.78 is 0. The predicted molar refractivity (Wildman–Crippen MR) is 83.2 cm³/mol. The van der Waals surface area contributed by atoms with Crippen LogP contribution in [0, 0.1) is 5.92 Å². The maximum atomic E-state index is 12.1. The number of hydrogen-bond acceptors (Lipinski definition) is 3. The second-order valence-electron chi connectivity index (χ2n) is 5.05. The van der Waals surface area contributed by atoms with Crippen LogP contribution in [0.3, 0.4) is 0 Å². The molecule has 112 valence electrons. The molecule has 1 amide bonds. The van der Waals surface area contributed by atoms with E-state index in [0.29, 0.717) is 11.6 Å². The number of nitrogens with one attached hydrogen (secondary N) is 1. The van der Waals surface area contributed by atoms with Gasteiger partial charge in [0.25, 0.3) is 0 Å². The lowest BCUT2D eigenvalue weighted by molar-refractivity contribution is -0.125. The molecule has 0 saturated heterocycles. The van der Waals surface area contributed by atoms with Crippen LogP contribution in [0.1, 0.15) is 20.3 Å². The van der Waals surface area contributed by atoms with Crippen LogP contribution in [0.4, 0.5) is 5.69 Å². The summed E-state index contributed by atoms with van der Waals surface area (Å²) in [5.74, 6) is -0.125. The molecule has 0 fully saturated rings. The van der Waals surface area contributed by atoms with Gasteiger partial charge in [-0.2, -0.15) is 0 Å². The molecule has 0 radical (unpaired) electrons. The molecule has 0 bridgehead atoms. The smallest absolute Gasteiger partial charge is 0.225 e. The molecule has 0 aliphatic carbocycles.